The minimum atomic E-state index is -0.477. The lowest BCUT2D eigenvalue weighted by molar-refractivity contribution is -0.120. The van der Waals surface area contributed by atoms with Gasteiger partial charge in [0.15, 0.2) is 5.78 Å². The summed E-state index contributed by atoms with van der Waals surface area (Å²) >= 11 is 5.64. The highest BCUT2D eigenvalue weighted by atomic mass is 35.5. The molecule has 0 radical (unpaired) electrons. The Morgan fingerprint density at radius 3 is 2.65 bits per heavy atom. The molecular weight excluding hydrogens is 241 g/mol. The van der Waals surface area contributed by atoms with Crippen LogP contribution < -0.4 is 5.73 Å². The molecular formula is C13H17ClFNO. The molecule has 0 fully saturated rings. The van der Waals surface area contributed by atoms with Crippen molar-refractivity contribution in [2.75, 3.05) is 0 Å². The number of ketones is 1. The predicted octanol–water partition coefficient (Wildman–Crippen LogP) is 2.96. The standard InChI is InChI=1S/C13H17ClFNO/c1-8(2)5-12(16)13(17)7-9-3-4-11(15)10(14)6-9/h3-4,6,8,12H,5,7,16H2,1-2H3. The van der Waals surface area contributed by atoms with Crippen LogP contribution in [-0.2, 0) is 11.2 Å². The third-order valence-corrected chi connectivity index (χ3v) is 2.79. The molecule has 0 amide bonds. The zero-order valence-electron chi connectivity index (χ0n) is 10.0. The van der Waals surface area contributed by atoms with Crippen LogP contribution in [0.5, 0.6) is 0 Å². The average molecular weight is 258 g/mol. The van der Waals surface area contributed by atoms with Gasteiger partial charge in [-0.2, -0.15) is 0 Å². The molecule has 0 spiro atoms. The van der Waals surface area contributed by atoms with E-state index >= 15 is 0 Å². The van der Waals surface area contributed by atoms with Crippen LogP contribution in [0.3, 0.4) is 0 Å². The lowest BCUT2D eigenvalue weighted by Crippen LogP contribution is -2.33. The highest BCUT2D eigenvalue weighted by Gasteiger charge is 2.15. The van der Waals surface area contributed by atoms with Crippen molar-refractivity contribution in [1.82, 2.24) is 0 Å². The molecule has 2 N–H and O–H groups in total. The van der Waals surface area contributed by atoms with Crippen molar-refractivity contribution in [2.45, 2.75) is 32.7 Å². The van der Waals surface area contributed by atoms with Gasteiger partial charge in [0.25, 0.3) is 0 Å². The smallest absolute Gasteiger partial charge is 0.153 e. The van der Waals surface area contributed by atoms with Crippen LogP contribution in [0.4, 0.5) is 4.39 Å². The number of Topliss-reactive ketones (excluding diaryl/α,β-unsaturated/α-hetero) is 1. The van der Waals surface area contributed by atoms with Gasteiger partial charge in [-0.3, -0.25) is 4.79 Å². The second-order valence-electron chi connectivity index (χ2n) is 4.63. The summed E-state index contributed by atoms with van der Waals surface area (Å²) in [6.45, 7) is 4.03. The van der Waals surface area contributed by atoms with E-state index < -0.39 is 11.9 Å². The Morgan fingerprint density at radius 1 is 1.47 bits per heavy atom. The van der Waals surface area contributed by atoms with E-state index in [0.29, 0.717) is 17.9 Å². The maximum Gasteiger partial charge on any atom is 0.153 e. The zero-order chi connectivity index (χ0) is 13.0. The molecule has 0 aromatic heterocycles. The van der Waals surface area contributed by atoms with Gasteiger partial charge < -0.3 is 5.73 Å². The quantitative estimate of drug-likeness (QED) is 0.881. The Kier molecular flexibility index (Phi) is 5.09. The van der Waals surface area contributed by atoms with Crippen molar-refractivity contribution < 1.29 is 9.18 Å². The van der Waals surface area contributed by atoms with Crippen LogP contribution in [0.15, 0.2) is 18.2 Å². The van der Waals surface area contributed by atoms with Crippen molar-refractivity contribution in [2.24, 2.45) is 11.7 Å². The summed E-state index contributed by atoms with van der Waals surface area (Å²) in [4.78, 5) is 11.8. The topological polar surface area (TPSA) is 43.1 Å². The summed E-state index contributed by atoms with van der Waals surface area (Å²) in [5, 5.41) is 0.0349. The molecule has 1 aromatic carbocycles. The third-order valence-electron chi connectivity index (χ3n) is 2.50. The highest BCUT2D eigenvalue weighted by Crippen LogP contribution is 2.17. The number of hydrogen-bond acceptors (Lipinski definition) is 2. The van der Waals surface area contributed by atoms with Crippen LogP contribution in [0.1, 0.15) is 25.8 Å². The van der Waals surface area contributed by atoms with Gasteiger partial charge in [0.1, 0.15) is 5.82 Å². The van der Waals surface area contributed by atoms with Crippen LogP contribution in [0.25, 0.3) is 0 Å². The number of nitrogens with two attached hydrogens (primary N) is 1. The summed E-state index contributed by atoms with van der Waals surface area (Å²) < 4.78 is 12.9. The maximum atomic E-state index is 12.9. The molecule has 94 valence electrons. The Morgan fingerprint density at radius 2 is 2.12 bits per heavy atom. The van der Waals surface area contributed by atoms with Crippen molar-refractivity contribution in [3.63, 3.8) is 0 Å². The Labute approximate surface area is 106 Å². The van der Waals surface area contributed by atoms with Gasteiger partial charge >= 0.3 is 0 Å². The molecule has 0 bridgehead atoms. The second kappa shape index (κ2) is 6.12. The molecule has 4 heteroatoms. The number of carbonyl (C=O) groups excluding carboxylic acids is 1. The van der Waals surface area contributed by atoms with Crippen molar-refractivity contribution in [1.29, 1.82) is 0 Å². The molecule has 1 atom stereocenters. The van der Waals surface area contributed by atoms with Crippen LogP contribution in [0, 0.1) is 11.7 Å². The fraction of sp³-hybridized carbons (Fsp3) is 0.462. The Balaban J connectivity index is 2.64. The van der Waals surface area contributed by atoms with Gasteiger partial charge in [-0.1, -0.05) is 31.5 Å². The van der Waals surface area contributed by atoms with Gasteiger partial charge in [-0.25, -0.2) is 4.39 Å². The molecule has 0 aliphatic carbocycles. The van der Waals surface area contributed by atoms with Crippen LogP contribution >= 0.6 is 11.6 Å². The summed E-state index contributed by atoms with van der Waals surface area (Å²) in [6.07, 6.45) is 0.863. The summed E-state index contributed by atoms with van der Waals surface area (Å²) in [5.41, 5.74) is 6.47. The highest BCUT2D eigenvalue weighted by molar-refractivity contribution is 6.30. The third kappa shape index (κ3) is 4.44. The minimum Gasteiger partial charge on any atom is -0.321 e. The van der Waals surface area contributed by atoms with E-state index in [1.54, 1.807) is 6.07 Å². The van der Waals surface area contributed by atoms with E-state index in [9.17, 15) is 9.18 Å². The number of rotatable bonds is 5. The molecule has 2 nitrogen and oxygen atoms in total. The van der Waals surface area contributed by atoms with Gasteiger partial charge in [0.2, 0.25) is 0 Å². The van der Waals surface area contributed by atoms with Gasteiger partial charge in [-0.05, 0) is 30.0 Å². The zero-order valence-corrected chi connectivity index (χ0v) is 10.8. The van der Waals surface area contributed by atoms with Crippen molar-refractivity contribution >= 4 is 17.4 Å². The van der Waals surface area contributed by atoms with E-state index in [0.717, 1.165) is 0 Å². The number of hydrogen-bond donors (Lipinski definition) is 1. The molecule has 17 heavy (non-hydrogen) atoms. The molecule has 0 aliphatic rings. The first-order chi connectivity index (χ1) is 7.90. The van der Waals surface area contributed by atoms with E-state index in [-0.39, 0.29) is 17.2 Å². The SMILES string of the molecule is CC(C)CC(N)C(=O)Cc1ccc(F)c(Cl)c1. The lowest BCUT2D eigenvalue weighted by atomic mass is 9.97. The van der Waals surface area contributed by atoms with Crippen LogP contribution in [-0.4, -0.2) is 11.8 Å². The second-order valence-corrected chi connectivity index (χ2v) is 5.03. The predicted molar refractivity (Wildman–Crippen MR) is 67.6 cm³/mol. The Hall–Kier alpha value is -0.930. The van der Waals surface area contributed by atoms with Gasteiger partial charge in [0.05, 0.1) is 11.1 Å². The minimum absolute atomic E-state index is 0.0349. The first kappa shape index (κ1) is 14.1. The molecule has 0 saturated carbocycles. The molecule has 1 unspecified atom stereocenters. The van der Waals surface area contributed by atoms with Crippen molar-refractivity contribution in [3.8, 4) is 0 Å². The first-order valence-electron chi connectivity index (χ1n) is 5.62. The average Bonchev–Trinajstić information content (AvgIpc) is 2.22. The molecule has 1 aromatic rings. The lowest BCUT2D eigenvalue weighted by Gasteiger charge is -2.12. The summed E-state index contributed by atoms with van der Waals surface area (Å²) in [5.74, 6) is -0.138. The molecule has 0 saturated heterocycles. The van der Waals surface area contributed by atoms with Gasteiger partial charge in [-0.15, -0.1) is 0 Å². The molecule has 0 aliphatic heterocycles. The normalized spacial score (nSPS) is 12.8. The largest absolute Gasteiger partial charge is 0.321 e. The number of benzene rings is 1. The molecule has 1 rings (SSSR count). The van der Waals surface area contributed by atoms with E-state index in [1.807, 2.05) is 13.8 Å². The van der Waals surface area contributed by atoms with Crippen molar-refractivity contribution in [3.05, 3.63) is 34.6 Å². The Bertz CT molecular complexity index is 406. The van der Waals surface area contributed by atoms with Gasteiger partial charge in [0, 0.05) is 6.42 Å². The maximum absolute atomic E-state index is 12.9. The first-order valence-corrected chi connectivity index (χ1v) is 6.00. The fourth-order valence-electron chi connectivity index (χ4n) is 1.62. The monoisotopic (exact) mass is 257 g/mol. The summed E-state index contributed by atoms with van der Waals surface area (Å²) in [7, 11) is 0. The summed E-state index contributed by atoms with van der Waals surface area (Å²) in [6, 6.07) is 3.83. The molecule has 0 heterocycles. The van der Waals surface area contributed by atoms with E-state index in [2.05, 4.69) is 0 Å². The van der Waals surface area contributed by atoms with E-state index in [4.69, 9.17) is 17.3 Å². The van der Waals surface area contributed by atoms with Crippen LogP contribution in [0.2, 0.25) is 5.02 Å². The number of halogens is 2. The van der Waals surface area contributed by atoms with E-state index in [1.165, 1.54) is 12.1 Å². The number of carbonyl (C=O) groups is 1. The fourth-order valence-corrected chi connectivity index (χ4v) is 1.82.